The Morgan fingerprint density at radius 2 is 1.82 bits per heavy atom. The number of alkyl halides is 3. The van der Waals surface area contributed by atoms with Gasteiger partial charge in [0.1, 0.15) is 12.1 Å². The van der Waals surface area contributed by atoms with Gasteiger partial charge in [-0.2, -0.15) is 18.3 Å². The van der Waals surface area contributed by atoms with Crippen LogP contribution in [0.1, 0.15) is 5.56 Å². The molecular weight excluding hydrogens is 461 g/mol. The number of ether oxygens (including phenoxy) is 1. The van der Waals surface area contributed by atoms with E-state index in [4.69, 9.17) is 16.3 Å². The second kappa shape index (κ2) is 9.17. The van der Waals surface area contributed by atoms with Gasteiger partial charge in [-0.1, -0.05) is 17.7 Å². The Balaban J connectivity index is 1.44. The van der Waals surface area contributed by atoms with E-state index in [0.717, 1.165) is 17.7 Å². The largest absolute Gasteiger partial charge is 0.439 e. The molecule has 0 radical (unpaired) electrons. The molecule has 0 spiro atoms. The molecule has 4 rings (SSSR count). The normalized spacial score (nSPS) is 11.2. The number of urea groups is 1. The molecule has 0 saturated carbocycles. The van der Waals surface area contributed by atoms with E-state index in [1.165, 1.54) is 18.5 Å². The van der Waals surface area contributed by atoms with E-state index in [-0.39, 0.29) is 11.6 Å². The van der Waals surface area contributed by atoms with Crippen molar-refractivity contribution < 1.29 is 22.7 Å². The lowest BCUT2D eigenvalue weighted by Crippen LogP contribution is -2.20. The molecule has 8 nitrogen and oxygen atoms in total. The number of rotatable bonds is 5. The van der Waals surface area contributed by atoms with E-state index < -0.39 is 22.8 Å². The van der Waals surface area contributed by atoms with Gasteiger partial charge >= 0.3 is 12.2 Å². The first kappa shape index (κ1) is 22.1. The SMILES string of the molecule is O=C(Nc1cccc(Oc2cc(-c3cn[nH]c3)ncn2)c1)Nc1ccc(Cl)c(C(F)(F)F)c1. The number of hydrogen-bond donors (Lipinski definition) is 3. The van der Waals surface area contributed by atoms with Crippen LogP contribution in [0.3, 0.4) is 0 Å². The van der Waals surface area contributed by atoms with Crippen LogP contribution >= 0.6 is 11.6 Å². The average Bonchev–Trinajstić information content (AvgIpc) is 3.30. The number of aromatic nitrogens is 4. The summed E-state index contributed by atoms with van der Waals surface area (Å²) in [5, 5.41) is 11.0. The Morgan fingerprint density at radius 1 is 1.03 bits per heavy atom. The number of anilines is 2. The molecule has 3 N–H and O–H groups in total. The van der Waals surface area contributed by atoms with E-state index in [1.54, 1.807) is 36.7 Å². The molecule has 2 heterocycles. The summed E-state index contributed by atoms with van der Waals surface area (Å²) in [6.45, 7) is 0. The van der Waals surface area contributed by atoms with Crippen molar-refractivity contribution in [3.8, 4) is 22.9 Å². The number of H-pyrrole nitrogens is 1. The van der Waals surface area contributed by atoms with Crippen LogP contribution in [0.25, 0.3) is 11.3 Å². The molecule has 0 aliphatic rings. The molecular formula is C21H14ClF3N6O2. The Morgan fingerprint density at radius 3 is 2.55 bits per heavy atom. The lowest BCUT2D eigenvalue weighted by Gasteiger charge is -2.13. The van der Waals surface area contributed by atoms with Gasteiger partial charge in [-0.05, 0) is 30.3 Å². The molecule has 2 aromatic carbocycles. The van der Waals surface area contributed by atoms with Crippen LogP contribution in [0.15, 0.2) is 67.3 Å². The third-order valence-electron chi connectivity index (χ3n) is 4.28. The monoisotopic (exact) mass is 474 g/mol. The number of benzene rings is 2. The molecule has 33 heavy (non-hydrogen) atoms. The van der Waals surface area contributed by atoms with Crippen LogP contribution in [0.4, 0.5) is 29.3 Å². The highest BCUT2D eigenvalue weighted by Crippen LogP contribution is 2.36. The molecule has 0 bridgehead atoms. The molecule has 12 heteroatoms. The van der Waals surface area contributed by atoms with Crippen LogP contribution in [-0.2, 0) is 6.18 Å². The topological polar surface area (TPSA) is 105 Å². The van der Waals surface area contributed by atoms with Crippen molar-refractivity contribution in [2.75, 3.05) is 10.6 Å². The fourth-order valence-electron chi connectivity index (χ4n) is 2.82. The quantitative estimate of drug-likeness (QED) is 0.330. The number of amides is 2. The van der Waals surface area contributed by atoms with Crippen LogP contribution in [0, 0.1) is 0 Å². The van der Waals surface area contributed by atoms with Crippen molar-refractivity contribution in [2.45, 2.75) is 6.18 Å². The summed E-state index contributed by atoms with van der Waals surface area (Å²) in [7, 11) is 0. The Labute approximate surface area is 189 Å². The van der Waals surface area contributed by atoms with Crippen LogP contribution in [-0.4, -0.2) is 26.2 Å². The minimum atomic E-state index is -4.64. The number of carbonyl (C=O) groups excluding carboxylic acids is 1. The number of halogens is 4. The van der Waals surface area contributed by atoms with E-state index in [2.05, 4.69) is 30.8 Å². The number of nitrogens with one attached hydrogen (secondary N) is 3. The molecule has 0 unspecified atom stereocenters. The number of nitrogens with zero attached hydrogens (tertiary/aromatic N) is 3. The van der Waals surface area contributed by atoms with Crippen LogP contribution < -0.4 is 15.4 Å². The summed E-state index contributed by atoms with van der Waals surface area (Å²) in [5.74, 6) is 0.638. The standard InChI is InChI=1S/C21H14ClF3N6O2/c22-17-5-4-14(7-16(17)21(23,24)25)31-20(32)30-13-2-1-3-15(6-13)33-19-8-18(26-11-27-19)12-9-28-29-10-12/h1-11H,(H,28,29)(H2,30,31,32). The molecule has 2 aromatic heterocycles. The minimum absolute atomic E-state index is 0.0654. The third-order valence-corrected chi connectivity index (χ3v) is 4.61. The van der Waals surface area contributed by atoms with Gasteiger partial charge in [0, 0.05) is 35.3 Å². The van der Waals surface area contributed by atoms with E-state index in [0.29, 0.717) is 17.1 Å². The van der Waals surface area contributed by atoms with E-state index in [1.807, 2.05) is 0 Å². The molecule has 4 aromatic rings. The first-order valence-electron chi connectivity index (χ1n) is 9.32. The second-order valence-corrected chi connectivity index (χ2v) is 7.04. The van der Waals surface area contributed by atoms with Gasteiger partial charge in [-0.3, -0.25) is 5.10 Å². The third kappa shape index (κ3) is 5.57. The maximum atomic E-state index is 13.0. The number of hydrogen-bond acceptors (Lipinski definition) is 5. The lowest BCUT2D eigenvalue weighted by atomic mass is 10.2. The van der Waals surface area contributed by atoms with Crippen molar-refractivity contribution in [1.82, 2.24) is 20.2 Å². The summed E-state index contributed by atoms with van der Waals surface area (Å²) in [4.78, 5) is 20.5. The predicted molar refractivity (Wildman–Crippen MR) is 115 cm³/mol. The molecule has 0 aliphatic heterocycles. The molecule has 0 saturated heterocycles. The molecule has 2 amide bonds. The Kier molecular flexibility index (Phi) is 6.13. The predicted octanol–water partition coefficient (Wildman–Crippen LogP) is 5.98. The number of aromatic amines is 1. The van der Waals surface area contributed by atoms with Crippen molar-refractivity contribution >= 4 is 29.0 Å². The summed E-state index contributed by atoms with van der Waals surface area (Å²) in [5.41, 5.74) is 0.592. The van der Waals surface area contributed by atoms with Gasteiger partial charge in [0.25, 0.3) is 0 Å². The zero-order valence-electron chi connectivity index (χ0n) is 16.5. The maximum absolute atomic E-state index is 13.0. The molecule has 0 atom stereocenters. The highest BCUT2D eigenvalue weighted by molar-refractivity contribution is 6.31. The highest BCUT2D eigenvalue weighted by Gasteiger charge is 2.33. The Bertz CT molecular complexity index is 1280. The molecule has 0 aliphatic carbocycles. The zero-order valence-corrected chi connectivity index (χ0v) is 17.3. The fraction of sp³-hybridized carbons (Fsp3) is 0.0476. The molecule has 168 valence electrons. The second-order valence-electron chi connectivity index (χ2n) is 6.63. The summed E-state index contributed by atoms with van der Waals surface area (Å²) in [6.07, 6.45) is -0.0227. The van der Waals surface area contributed by atoms with Gasteiger partial charge in [0.2, 0.25) is 5.88 Å². The average molecular weight is 475 g/mol. The minimum Gasteiger partial charge on any atom is -0.439 e. The summed E-state index contributed by atoms with van der Waals surface area (Å²) >= 11 is 5.59. The molecule has 0 fully saturated rings. The van der Waals surface area contributed by atoms with Crippen molar-refractivity contribution in [2.24, 2.45) is 0 Å². The number of carbonyl (C=O) groups is 1. The van der Waals surface area contributed by atoms with E-state index >= 15 is 0 Å². The van der Waals surface area contributed by atoms with Crippen molar-refractivity contribution in [3.05, 3.63) is 77.8 Å². The Hall–Kier alpha value is -4.12. The highest BCUT2D eigenvalue weighted by atomic mass is 35.5. The summed E-state index contributed by atoms with van der Waals surface area (Å²) < 4.78 is 44.7. The smallest absolute Gasteiger partial charge is 0.417 e. The first-order chi connectivity index (χ1) is 15.8. The van der Waals surface area contributed by atoms with Gasteiger partial charge in [-0.25, -0.2) is 14.8 Å². The van der Waals surface area contributed by atoms with E-state index in [9.17, 15) is 18.0 Å². The van der Waals surface area contributed by atoms with Crippen molar-refractivity contribution in [1.29, 1.82) is 0 Å². The van der Waals surface area contributed by atoms with Crippen LogP contribution in [0.5, 0.6) is 11.6 Å². The fourth-order valence-corrected chi connectivity index (χ4v) is 3.04. The van der Waals surface area contributed by atoms with Crippen molar-refractivity contribution in [3.63, 3.8) is 0 Å². The zero-order chi connectivity index (χ0) is 23.4. The lowest BCUT2D eigenvalue weighted by molar-refractivity contribution is -0.137. The van der Waals surface area contributed by atoms with Gasteiger partial charge in [0.15, 0.2) is 0 Å². The summed E-state index contributed by atoms with van der Waals surface area (Å²) in [6, 6.07) is 10.4. The van der Waals surface area contributed by atoms with Crippen LogP contribution in [0.2, 0.25) is 5.02 Å². The maximum Gasteiger partial charge on any atom is 0.417 e. The first-order valence-corrected chi connectivity index (χ1v) is 9.69. The van der Waals surface area contributed by atoms with Gasteiger partial charge in [0.05, 0.1) is 22.5 Å². The van der Waals surface area contributed by atoms with Gasteiger partial charge < -0.3 is 15.4 Å². The van der Waals surface area contributed by atoms with Gasteiger partial charge in [-0.15, -0.1) is 0 Å².